The third-order valence-corrected chi connectivity index (χ3v) is 1.88. The summed E-state index contributed by atoms with van der Waals surface area (Å²) >= 11 is 0. The molecule has 0 unspecified atom stereocenters. The summed E-state index contributed by atoms with van der Waals surface area (Å²) in [6.07, 6.45) is 2.48. The van der Waals surface area contributed by atoms with Crippen LogP contribution in [0.25, 0.3) is 11.0 Å². The molecular formula is C8H5BF3KN2. The third kappa shape index (κ3) is 2.79. The zero-order valence-electron chi connectivity index (χ0n) is 7.99. The molecule has 0 spiro atoms. The van der Waals surface area contributed by atoms with Crippen LogP contribution in [-0.4, -0.2) is 16.9 Å². The van der Waals surface area contributed by atoms with Crippen molar-refractivity contribution in [3.63, 3.8) is 0 Å². The van der Waals surface area contributed by atoms with Crippen molar-refractivity contribution in [1.29, 1.82) is 0 Å². The molecule has 7 heteroatoms. The SMILES string of the molecule is F[B-](F)(F)c1ccnc2cccnc12.[K+]. The normalized spacial score (nSPS) is 11.1. The zero-order valence-corrected chi connectivity index (χ0v) is 11.1. The smallest absolute Gasteiger partial charge is 0.445 e. The topological polar surface area (TPSA) is 25.8 Å². The van der Waals surface area contributed by atoms with E-state index in [0.717, 1.165) is 12.3 Å². The molecule has 72 valence electrons. The van der Waals surface area contributed by atoms with E-state index in [-0.39, 0.29) is 62.4 Å². The fourth-order valence-corrected chi connectivity index (χ4v) is 1.26. The van der Waals surface area contributed by atoms with Gasteiger partial charge in [0.25, 0.3) is 0 Å². The first kappa shape index (κ1) is 13.1. The van der Waals surface area contributed by atoms with E-state index in [1.54, 1.807) is 6.07 Å². The second-order valence-corrected chi connectivity index (χ2v) is 2.85. The maximum absolute atomic E-state index is 12.5. The number of rotatable bonds is 1. The Balaban J connectivity index is 0.00000112. The second kappa shape index (κ2) is 4.92. The first-order valence-corrected chi connectivity index (χ1v) is 3.98. The summed E-state index contributed by atoms with van der Waals surface area (Å²) in [6.45, 7) is -5.02. The van der Waals surface area contributed by atoms with E-state index < -0.39 is 12.4 Å². The van der Waals surface area contributed by atoms with Gasteiger partial charge in [-0.05, 0) is 12.1 Å². The Morgan fingerprint density at radius 2 is 1.73 bits per heavy atom. The van der Waals surface area contributed by atoms with Crippen LogP contribution >= 0.6 is 0 Å². The zero-order chi connectivity index (χ0) is 10.2. The van der Waals surface area contributed by atoms with Crippen LogP contribution < -0.4 is 56.8 Å². The van der Waals surface area contributed by atoms with Crippen molar-refractivity contribution >= 4 is 23.5 Å². The van der Waals surface area contributed by atoms with E-state index in [2.05, 4.69) is 9.97 Å². The summed E-state index contributed by atoms with van der Waals surface area (Å²) in [7, 11) is 0. The molecular weight excluding hydrogens is 231 g/mol. The van der Waals surface area contributed by atoms with Crippen molar-refractivity contribution in [1.82, 2.24) is 9.97 Å². The average Bonchev–Trinajstić information content (AvgIpc) is 2.15. The van der Waals surface area contributed by atoms with Crippen molar-refractivity contribution < 1.29 is 64.3 Å². The van der Waals surface area contributed by atoms with Gasteiger partial charge in [-0.1, -0.05) is 11.5 Å². The molecule has 0 atom stereocenters. The Hall–Kier alpha value is 0.0513. The van der Waals surface area contributed by atoms with Crippen molar-refractivity contribution in [3.8, 4) is 0 Å². The van der Waals surface area contributed by atoms with Gasteiger partial charge in [0, 0.05) is 12.4 Å². The molecule has 0 N–H and O–H groups in total. The van der Waals surface area contributed by atoms with Crippen LogP contribution in [0.3, 0.4) is 0 Å². The van der Waals surface area contributed by atoms with Gasteiger partial charge in [0.15, 0.2) is 0 Å². The monoisotopic (exact) mass is 236 g/mol. The Kier molecular flexibility index (Phi) is 4.30. The van der Waals surface area contributed by atoms with Gasteiger partial charge in [-0.15, -0.1) is 0 Å². The quantitative estimate of drug-likeness (QED) is 0.574. The van der Waals surface area contributed by atoms with Crippen molar-refractivity contribution in [2.24, 2.45) is 0 Å². The Morgan fingerprint density at radius 3 is 2.40 bits per heavy atom. The fraction of sp³-hybridized carbons (Fsp3) is 0. The molecule has 0 bridgehead atoms. The number of hydrogen-bond acceptors (Lipinski definition) is 2. The van der Waals surface area contributed by atoms with Gasteiger partial charge in [-0.3, -0.25) is 9.97 Å². The van der Waals surface area contributed by atoms with Gasteiger partial charge in [-0.25, -0.2) is 0 Å². The number of hydrogen-bond donors (Lipinski definition) is 0. The van der Waals surface area contributed by atoms with E-state index in [0.29, 0.717) is 0 Å². The average molecular weight is 236 g/mol. The molecule has 0 saturated carbocycles. The predicted molar refractivity (Wildman–Crippen MR) is 48.3 cm³/mol. The minimum absolute atomic E-state index is 0. The molecule has 2 rings (SSSR count). The predicted octanol–water partition coefficient (Wildman–Crippen LogP) is -1.31. The van der Waals surface area contributed by atoms with Gasteiger partial charge < -0.3 is 12.9 Å². The van der Waals surface area contributed by atoms with E-state index in [4.69, 9.17) is 0 Å². The number of pyridine rings is 2. The molecule has 0 aromatic carbocycles. The summed E-state index contributed by atoms with van der Waals surface area (Å²) in [5.74, 6) is 0. The molecule has 2 nitrogen and oxygen atoms in total. The van der Waals surface area contributed by atoms with Gasteiger partial charge in [0.05, 0.1) is 11.0 Å². The number of aromatic nitrogens is 2. The molecule has 0 aliphatic rings. The molecule has 2 aromatic heterocycles. The Labute approximate surface area is 127 Å². The third-order valence-electron chi connectivity index (χ3n) is 1.88. The van der Waals surface area contributed by atoms with Gasteiger partial charge in [0.2, 0.25) is 0 Å². The maximum atomic E-state index is 12.5. The molecule has 0 aliphatic carbocycles. The van der Waals surface area contributed by atoms with Crippen LogP contribution in [0.15, 0.2) is 30.6 Å². The molecule has 0 fully saturated rings. The van der Waals surface area contributed by atoms with E-state index in [9.17, 15) is 12.9 Å². The summed E-state index contributed by atoms with van der Waals surface area (Å²) in [6, 6.07) is 4.02. The summed E-state index contributed by atoms with van der Waals surface area (Å²) in [4.78, 5) is 7.48. The minimum Gasteiger partial charge on any atom is -0.445 e. The molecule has 2 aromatic rings. The largest absolute Gasteiger partial charge is 1.00 e. The molecule has 0 saturated heterocycles. The standard InChI is InChI=1S/C8H5BF3N2.K/c10-9(11,12)6-3-5-13-7-2-1-4-14-8(6)7;/h1-5H;/q-1;+1. The summed E-state index contributed by atoms with van der Waals surface area (Å²) in [5.41, 5.74) is -0.498. The van der Waals surface area contributed by atoms with E-state index >= 15 is 0 Å². The van der Waals surface area contributed by atoms with Crippen LogP contribution in [0.1, 0.15) is 0 Å². The van der Waals surface area contributed by atoms with Crippen molar-refractivity contribution in [2.45, 2.75) is 0 Å². The molecule has 15 heavy (non-hydrogen) atoms. The van der Waals surface area contributed by atoms with Crippen molar-refractivity contribution in [2.75, 3.05) is 0 Å². The second-order valence-electron chi connectivity index (χ2n) is 2.85. The summed E-state index contributed by atoms with van der Waals surface area (Å²) < 4.78 is 37.5. The van der Waals surface area contributed by atoms with Crippen molar-refractivity contribution in [3.05, 3.63) is 30.6 Å². The minimum atomic E-state index is -5.02. The van der Waals surface area contributed by atoms with Gasteiger partial charge in [-0.2, -0.15) is 0 Å². The summed E-state index contributed by atoms with van der Waals surface area (Å²) in [5, 5.41) is 0. The molecule has 0 aliphatic heterocycles. The Bertz CT molecular complexity index is 469. The molecule has 2 heterocycles. The van der Waals surface area contributed by atoms with Crippen LogP contribution in [0.4, 0.5) is 12.9 Å². The van der Waals surface area contributed by atoms with Crippen LogP contribution in [0.5, 0.6) is 0 Å². The van der Waals surface area contributed by atoms with Crippen LogP contribution in [0.2, 0.25) is 0 Å². The van der Waals surface area contributed by atoms with E-state index in [1.165, 1.54) is 12.3 Å². The molecule has 0 amide bonds. The first-order chi connectivity index (χ1) is 6.59. The van der Waals surface area contributed by atoms with Crippen LogP contribution in [0, 0.1) is 0 Å². The Morgan fingerprint density at radius 1 is 1.00 bits per heavy atom. The molecule has 0 radical (unpaired) electrons. The van der Waals surface area contributed by atoms with Gasteiger partial charge >= 0.3 is 58.4 Å². The maximum Gasteiger partial charge on any atom is 1.00 e. The fourth-order valence-electron chi connectivity index (χ4n) is 1.26. The van der Waals surface area contributed by atoms with Gasteiger partial charge in [0.1, 0.15) is 0 Å². The number of nitrogens with zero attached hydrogens (tertiary/aromatic N) is 2. The number of fused-ring (bicyclic) bond motifs is 1. The van der Waals surface area contributed by atoms with Crippen LogP contribution in [-0.2, 0) is 0 Å². The number of halogens is 3. The van der Waals surface area contributed by atoms with E-state index in [1.807, 2.05) is 0 Å². The first-order valence-electron chi connectivity index (χ1n) is 3.98.